The van der Waals surface area contributed by atoms with E-state index in [0.717, 1.165) is 10.6 Å². The molecule has 4 aliphatic rings. The van der Waals surface area contributed by atoms with E-state index in [-0.39, 0.29) is 42.8 Å². The van der Waals surface area contributed by atoms with Gasteiger partial charge in [0.25, 0.3) is 11.8 Å². The van der Waals surface area contributed by atoms with E-state index in [2.05, 4.69) is 5.43 Å². The summed E-state index contributed by atoms with van der Waals surface area (Å²) in [6.45, 7) is 1.35. The van der Waals surface area contributed by atoms with Crippen molar-refractivity contribution in [3.05, 3.63) is 129 Å². The molecule has 56 heavy (non-hydrogen) atoms. The van der Waals surface area contributed by atoms with Gasteiger partial charge in [0.1, 0.15) is 18.1 Å². The molecule has 2 aliphatic heterocycles. The number of ketones is 1. The first-order chi connectivity index (χ1) is 27.0. The number of carbonyl (C=O) groups is 5. The van der Waals surface area contributed by atoms with Gasteiger partial charge < -0.3 is 14.6 Å². The number of hydrazine groups is 1. The number of benzene rings is 4. The molecule has 1 saturated carbocycles. The summed E-state index contributed by atoms with van der Waals surface area (Å²) in [6, 6.07) is 25.3. The average Bonchev–Trinajstić information content (AvgIpc) is 3.58. The van der Waals surface area contributed by atoms with Crippen molar-refractivity contribution in [1.29, 1.82) is 0 Å². The third-order valence-corrected chi connectivity index (χ3v) is 12.2. The summed E-state index contributed by atoms with van der Waals surface area (Å²) in [4.78, 5) is 72.3. The van der Waals surface area contributed by atoms with Crippen molar-refractivity contribution in [2.75, 3.05) is 30.6 Å². The zero-order valence-corrected chi connectivity index (χ0v) is 31.9. The molecule has 4 aromatic rings. The number of methoxy groups -OCH3 is 1. The number of halogens is 2. The Kier molecular flexibility index (Phi) is 9.72. The number of ether oxygens (including phenoxy) is 2. The Balaban J connectivity index is 1.29. The van der Waals surface area contributed by atoms with Crippen LogP contribution in [0.4, 0.5) is 11.4 Å². The van der Waals surface area contributed by atoms with Crippen LogP contribution < -0.4 is 19.8 Å². The summed E-state index contributed by atoms with van der Waals surface area (Å²) in [5.74, 6) is -4.72. The highest BCUT2D eigenvalue weighted by Gasteiger charge is 2.70. The second-order valence-corrected chi connectivity index (χ2v) is 15.3. The van der Waals surface area contributed by atoms with Gasteiger partial charge >= 0.3 is 0 Å². The Morgan fingerprint density at radius 1 is 0.875 bits per heavy atom. The van der Waals surface area contributed by atoms with Crippen LogP contribution in [-0.2, 0) is 24.6 Å². The molecule has 0 aromatic heterocycles. The minimum atomic E-state index is -1.52. The molecule has 0 unspecified atom stereocenters. The van der Waals surface area contributed by atoms with E-state index in [1.807, 2.05) is 18.2 Å². The molecule has 2 heterocycles. The van der Waals surface area contributed by atoms with Gasteiger partial charge in [0.15, 0.2) is 5.78 Å². The quantitative estimate of drug-likeness (QED) is 0.101. The van der Waals surface area contributed by atoms with E-state index in [1.54, 1.807) is 79.9 Å². The maximum atomic E-state index is 15.4. The fourth-order valence-corrected chi connectivity index (χ4v) is 9.69. The summed E-state index contributed by atoms with van der Waals surface area (Å²) in [5.41, 5.74) is 4.63. The maximum absolute atomic E-state index is 15.4. The number of amides is 4. The predicted octanol–water partition coefficient (Wildman–Crippen LogP) is 6.77. The number of carbonyl (C=O) groups excluding carboxylic acids is 5. The summed E-state index contributed by atoms with van der Waals surface area (Å²) in [5, 5.41) is 11.0. The number of anilines is 2. The summed E-state index contributed by atoms with van der Waals surface area (Å²) in [6.07, 6.45) is 2.32. The van der Waals surface area contributed by atoms with Gasteiger partial charge in [-0.2, -0.15) is 5.01 Å². The predicted molar refractivity (Wildman–Crippen MR) is 209 cm³/mol. The van der Waals surface area contributed by atoms with Gasteiger partial charge in [-0.25, -0.2) is 0 Å². The van der Waals surface area contributed by atoms with Crippen molar-refractivity contribution < 1.29 is 38.6 Å². The van der Waals surface area contributed by atoms with Crippen LogP contribution in [0.5, 0.6) is 11.5 Å². The lowest BCUT2D eigenvalue weighted by Crippen LogP contribution is -2.53. The molecule has 8 rings (SSSR count). The van der Waals surface area contributed by atoms with Crippen LogP contribution >= 0.6 is 23.2 Å². The van der Waals surface area contributed by atoms with Gasteiger partial charge in [0, 0.05) is 16.5 Å². The minimum absolute atomic E-state index is 0.0852. The van der Waals surface area contributed by atoms with Crippen LogP contribution in [0.2, 0.25) is 10.0 Å². The van der Waals surface area contributed by atoms with Crippen LogP contribution in [0, 0.1) is 23.7 Å². The number of Topliss-reactive ketones (excluding diaryl/α,β-unsaturated/α-hetero) is 1. The molecule has 4 amide bonds. The van der Waals surface area contributed by atoms with Crippen molar-refractivity contribution in [3.63, 3.8) is 0 Å². The zero-order valence-electron chi connectivity index (χ0n) is 30.4. The number of aliphatic hydroxyl groups is 1. The molecule has 286 valence electrons. The van der Waals surface area contributed by atoms with Crippen molar-refractivity contribution in [2.24, 2.45) is 23.7 Å². The number of fused-ring (bicyclic) bond motifs is 4. The Morgan fingerprint density at radius 2 is 1.57 bits per heavy atom. The number of allylic oxidation sites excluding steroid dienone is 2. The highest BCUT2D eigenvalue weighted by Crippen LogP contribution is 2.64. The van der Waals surface area contributed by atoms with E-state index < -0.39 is 52.7 Å². The van der Waals surface area contributed by atoms with Gasteiger partial charge in [-0.3, -0.25) is 34.3 Å². The first kappa shape index (κ1) is 37.4. The van der Waals surface area contributed by atoms with Crippen LogP contribution in [0.1, 0.15) is 47.2 Å². The highest BCUT2D eigenvalue weighted by molar-refractivity contribution is 6.36. The van der Waals surface area contributed by atoms with Crippen molar-refractivity contribution in [1.82, 2.24) is 5.01 Å². The second-order valence-electron chi connectivity index (χ2n) is 14.5. The Hall–Kier alpha value is -5.49. The van der Waals surface area contributed by atoms with Crippen LogP contribution in [0.3, 0.4) is 0 Å². The van der Waals surface area contributed by atoms with Gasteiger partial charge in [-0.1, -0.05) is 59.1 Å². The third-order valence-electron chi connectivity index (χ3n) is 11.7. The fraction of sp³-hybridized carbons (Fsp3) is 0.279. The van der Waals surface area contributed by atoms with Gasteiger partial charge in [0.05, 0.1) is 53.3 Å². The second kappa shape index (κ2) is 14.5. The monoisotopic (exact) mass is 793 g/mol. The molecule has 6 atom stereocenters. The highest BCUT2D eigenvalue weighted by atomic mass is 35.5. The number of imide groups is 2. The van der Waals surface area contributed by atoms with Gasteiger partial charge in [-0.15, -0.1) is 0 Å². The first-order valence-corrected chi connectivity index (χ1v) is 19.0. The lowest BCUT2D eigenvalue weighted by Gasteiger charge is -2.50. The zero-order chi connectivity index (χ0) is 39.5. The topological polar surface area (TPSA) is 143 Å². The molecule has 0 spiro atoms. The Morgan fingerprint density at radius 3 is 2.21 bits per heavy atom. The minimum Gasteiger partial charge on any atom is -0.497 e. The van der Waals surface area contributed by atoms with E-state index >= 15 is 4.79 Å². The molecule has 11 nitrogen and oxygen atoms in total. The molecule has 2 saturated heterocycles. The fourth-order valence-electron chi connectivity index (χ4n) is 9.24. The summed E-state index contributed by atoms with van der Waals surface area (Å²) >= 11 is 12.7. The number of hydrogen-bond acceptors (Lipinski definition) is 9. The molecule has 2 aliphatic carbocycles. The molecule has 0 radical (unpaired) electrons. The lowest BCUT2D eigenvalue weighted by molar-refractivity contribution is -0.138. The molecule has 4 aromatic carbocycles. The van der Waals surface area contributed by atoms with Gasteiger partial charge in [0.2, 0.25) is 11.8 Å². The van der Waals surface area contributed by atoms with Crippen LogP contribution in [0.15, 0.2) is 103 Å². The number of rotatable bonds is 10. The number of aliphatic hydroxyl groups excluding tert-OH is 1. The smallest absolute Gasteiger partial charge is 0.260 e. The van der Waals surface area contributed by atoms with E-state index in [4.69, 9.17) is 32.7 Å². The number of nitrogens with one attached hydrogen (secondary N) is 1. The van der Waals surface area contributed by atoms with Crippen molar-refractivity contribution in [3.8, 4) is 11.5 Å². The summed E-state index contributed by atoms with van der Waals surface area (Å²) < 4.78 is 11.2. The van der Waals surface area contributed by atoms with Crippen molar-refractivity contribution in [2.45, 2.75) is 31.1 Å². The number of nitrogens with zero attached hydrogens (tertiary/aromatic N) is 2. The lowest BCUT2D eigenvalue weighted by atomic mass is 9.49. The van der Waals surface area contributed by atoms with Gasteiger partial charge in [-0.05, 0) is 104 Å². The van der Waals surface area contributed by atoms with Crippen molar-refractivity contribution >= 4 is 64.0 Å². The van der Waals surface area contributed by atoms with Crippen LogP contribution in [0.25, 0.3) is 0 Å². The molecular formula is C43H37Cl2N3O8. The molecular weight excluding hydrogens is 757 g/mol. The molecule has 13 heteroatoms. The molecule has 3 fully saturated rings. The van der Waals surface area contributed by atoms with E-state index in [1.165, 1.54) is 17.9 Å². The SMILES string of the molecule is COc1ccc([C@@]23C(=O)N(Nc4ccc(Cl)cc4Cl)C(=O)[C@@H]2C[C@@H]2C(=CC[C@@H]4C(=O)N(c5ccc(C(C)=O)cc5)C(=O)[C@@H]42)[C@@H]3c2ccc(OCCO)cc2)cc1. The Labute approximate surface area is 332 Å². The van der Waals surface area contributed by atoms with E-state index in [0.29, 0.717) is 44.6 Å². The third kappa shape index (κ3) is 5.88. The van der Waals surface area contributed by atoms with Crippen LogP contribution in [-0.4, -0.2) is 59.9 Å². The Bertz CT molecular complexity index is 2300. The first-order valence-electron chi connectivity index (χ1n) is 18.3. The summed E-state index contributed by atoms with van der Waals surface area (Å²) in [7, 11) is 1.54. The largest absolute Gasteiger partial charge is 0.497 e. The molecule has 2 N–H and O–H groups in total. The average molecular weight is 795 g/mol. The molecule has 0 bridgehead atoms. The standard InChI is InChI=1S/C43H37Cl2N3O8/c1-23(50)24-3-10-28(11-4-24)47-39(51)32-17-16-31-33(37(32)41(47)53)22-34-40(52)48(46-36-18-9-27(44)21-35(36)45)42(54)43(34,26-7-14-29(55-2)15-8-26)38(31)25-5-12-30(13-6-25)56-20-19-49/h3-16,18,21,32-34,37-38,46,49H,17,19-20,22H2,1-2H3/t32-,33+,34-,37-,38-,43+/m0/s1. The maximum Gasteiger partial charge on any atom is 0.260 e. The number of hydrogen-bond donors (Lipinski definition) is 2. The van der Waals surface area contributed by atoms with E-state index in [9.17, 15) is 24.3 Å². The normalized spacial score (nSPS) is 25.4.